The molecule has 1 aliphatic rings. The number of hydrogen-bond donors (Lipinski definition) is 1. The molecule has 1 aliphatic heterocycles. The van der Waals surface area contributed by atoms with Gasteiger partial charge < -0.3 is 14.6 Å². The minimum absolute atomic E-state index is 0.432. The molecule has 1 heterocycles. The number of carbonyl (C=O) groups excluding carboxylic acids is 1. The Morgan fingerprint density at radius 1 is 1.08 bits per heavy atom. The Labute approximate surface area is 155 Å². The Morgan fingerprint density at radius 3 is 2.27 bits per heavy atom. The molecular weight excluding hydrogens is 328 g/mol. The van der Waals surface area contributed by atoms with Crippen LogP contribution in [0.1, 0.15) is 44.4 Å². The van der Waals surface area contributed by atoms with Crippen LogP contribution in [0.4, 0.5) is 0 Å². The zero-order chi connectivity index (χ0) is 19.3. The molecule has 0 bridgehead atoms. The monoisotopic (exact) mass is 354 g/mol. The van der Waals surface area contributed by atoms with E-state index in [9.17, 15) is 9.90 Å². The number of esters is 1. The molecule has 26 heavy (non-hydrogen) atoms. The third-order valence-electron chi connectivity index (χ3n) is 4.15. The second kappa shape index (κ2) is 8.19. The Hall–Kier alpha value is -2.59. The second-order valence-electron chi connectivity index (χ2n) is 6.12. The SMILES string of the molecule is CC.CC1=C(c2ccc(OCc3ccccc3)cc2C)C(C)(O)OC1=O. The maximum atomic E-state index is 11.7. The normalized spacial score (nSPS) is 18.9. The third-order valence-corrected chi connectivity index (χ3v) is 4.15. The number of rotatable bonds is 4. The van der Waals surface area contributed by atoms with E-state index in [1.54, 1.807) is 6.92 Å². The lowest BCUT2D eigenvalue weighted by atomic mass is 9.92. The lowest BCUT2D eigenvalue weighted by Gasteiger charge is -2.21. The van der Waals surface area contributed by atoms with E-state index < -0.39 is 11.8 Å². The van der Waals surface area contributed by atoms with Gasteiger partial charge in [-0.2, -0.15) is 0 Å². The van der Waals surface area contributed by atoms with Crippen molar-refractivity contribution in [2.45, 2.75) is 47.0 Å². The standard InChI is InChI=1S/C20H20O4.C2H6/c1-13-11-16(23-12-15-7-5-4-6-8-15)9-10-17(13)18-14(2)19(21)24-20(18,3)22;1-2/h4-11,22H,12H2,1-3H3;1-2H3. The van der Waals surface area contributed by atoms with Crippen molar-refractivity contribution in [3.8, 4) is 5.75 Å². The van der Waals surface area contributed by atoms with E-state index in [2.05, 4.69) is 0 Å². The van der Waals surface area contributed by atoms with E-state index >= 15 is 0 Å². The lowest BCUT2D eigenvalue weighted by molar-refractivity contribution is -0.170. The molecule has 0 radical (unpaired) electrons. The Balaban J connectivity index is 0.00000117. The molecule has 0 amide bonds. The molecule has 1 atom stereocenters. The molecule has 0 saturated heterocycles. The zero-order valence-corrected chi connectivity index (χ0v) is 16.0. The minimum atomic E-state index is -1.60. The summed E-state index contributed by atoms with van der Waals surface area (Å²) in [5.74, 6) is -1.35. The van der Waals surface area contributed by atoms with E-state index in [4.69, 9.17) is 9.47 Å². The molecule has 0 spiro atoms. The van der Waals surface area contributed by atoms with Crippen molar-refractivity contribution in [1.82, 2.24) is 0 Å². The van der Waals surface area contributed by atoms with Gasteiger partial charge in [0.2, 0.25) is 5.79 Å². The van der Waals surface area contributed by atoms with Crippen molar-refractivity contribution in [3.63, 3.8) is 0 Å². The van der Waals surface area contributed by atoms with Crippen LogP contribution in [-0.2, 0) is 16.1 Å². The molecule has 2 aromatic rings. The summed E-state index contributed by atoms with van der Waals surface area (Å²) in [6.45, 7) is 9.55. The van der Waals surface area contributed by atoms with E-state index in [0.29, 0.717) is 17.8 Å². The summed E-state index contributed by atoms with van der Waals surface area (Å²) in [6, 6.07) is 15.5. The number of ether oxygens (including phenoxy) is 2. The van der Waals surface area contributed by atoms with E-state index in [1.165, 1.54) is 6.92 Å². The van der Waals surface area contributed by atoms with E-state index in [1.807, 2.05) is 69.3 Å². The average molecular weight is 354 g/mol. The summed E-state index contributed by atoms with van der Waals surface area (Å²) < 4.78 is 10.8. The van der Waals surface area contributed by atoms with Crippen LogP contribution in [0, 0.1) is 6.92 Å². The summed E-state index contributed by atoms with van der Waals surface area (Å²) in [4.78, 5) is 11.7. The fourth-order valence-electron chi connectivity index (χ4n) is 2.96. The van der Waals surface area contributed by atoms with E-state index in [0.717, 1.165) is 22.4 Å². The highest BCUT2D eigenvalue weighted by Crippen LogP contribution is 2.39. The summed E-state index contributed by atoms with van der Waals surface area (Å²) in [5.41, 5.74) is 3.74. The number of hydrogen-bond acceptors (Lipinski definition) is 4. The average Bonchev–Trinajstić information content (AvgIpc) is 2.83. The summed E-state index contributed by atoms with van der Waals surface area (Å²) in [7, 11) is 0. The van der Waals surface area contributed by atoms with Gasteiger partial charge in [0.05, 0.1) is 0 Å². The van der Waals surface area contributed by atoms with E-state index in [-0.39, 0.29) is 0 Å². The summed E-state index contributed by atoms with van der Waals surface area (Å²) in [5, 5.41) is 10.4. The molecule has 0 saturated carbocycles. The fourth-order valence-corrected chi connectivity index (χ4v) is 2.96. The first-order chi connectivity index (χ1) is 12.4. The second-order valence-corrected chi connectivity index (χ2v) is 6.12. The van der Waals surface area contributed by atoms with Crippen molar-refractivity contribution in [1.29, 1.82) is 0 Å². The Bertz CT molecular complexity index is 804. The molecule has 1 N–H and O–H groups in total. The molecule has 1 unspecified atom stereocenters. The van der Waals surface area contributed by atoms with Crippen LogP contribution in [0.15, 0.2) is 54.1 Å². The van der Waals surface area contributed by atoms with Gasteiger partial charge in [-0.15, -0.1) is 0 Å². The van der Waals surface area contributed by atoms with Crippen LogP contribution in [0.2, 0.25) is 0 Å². The quantitative estimate of drug-likeness (QED) is 0.813. The van der Waals surface area contributed by atoms with Gasteiger partial charge in [0.15, 0.2) is 0 Å². The van der Waals surface area contributed by atoms with Gasteiger partial charge in [0.1, 0.15) is 12.4 Å². The topological polar surface area (TPSA) is 55.8 Å². The first-order valence-electron chi connectivity index (χ1n) is 8.83. The maximum Gasteiger partial charge on any atom is 0.337 e. The number of aryl methyl sites for hydroxylation is 1. The van der Waals surface area contributed by atoms with Crippen molar-refractivity contribution < 1.29 is 19.4 Å². The van der Waals surface area contributed by atoms with Gasteiger partial charge in [-0.1, -0.05) is 50.2 Å². The highest BCUT2D eigenvalue weighted by atomic mass is 16.7. The molecule has 4 heteroatoms. The summed E-state index contributed by atoms with van der Waals surface area (Å²) >= 11 is 0. The first-order valence-corrected chi connectivity index (χ1v) is 8.83. The Kier molecular flexibility index (Phi) is 6.22. The molecule has 4 nitrogen and oxygen atoms in total. The molecule has 2 aromatic carbocycles. The zero-order valence-electron chi connectivity index (χ0n) is 16.0. The van der Waals surface area contributed by atoms with Gasteiger partial charge in [-0.3, -0.25) is 0 Å². The van der Waals surface area contributed by atoms with Crippen LogP contribution >= 0.6 is 0 Å². The Morgan fingerprint density at radius 2 is 1.73 bits per heavy atom. The van der Waals surface area contributed by atoms with Gasteiger partial charge >= 0.3 is 5.97 Å². The summed E-state index contributed by atoms with van der Waals surface area (Å²) in [6.07, 6.45) is 0. The van der Waals surface area contributed by atoms with Crippen LogP contribution in [-0.4, -0.2) is 16.9 Å². The van der Waals surface area contributed by atoms with Crippen LogP contribution in [0.5, 0.6) is 5.75 Å². The molecule has 0 aromatic heterocycles. The maximum absolute atomic E-state index is 11.7. The smallest absolute Gasteiger partial charge is 0.337 e. The third kappa shape index (κ3) is 4.14. The van der Waals surface area contributed by atoms with Gasteiger partial charge in [-0.25, -0.2) is 4.79 Å². The molecule has 138 valence electrons. The molecule has 0 fully saturated rings. The minimum Gasteiger partial charge on any atom is -0.489 e. The van der Waals surface area contributed by atoms with Crippen molar-refractivity contribution in [3.05, 3.63) is 70.8 Å². The number of benzene rings is 2. The van der Waals surface area contributed by atoms with Gasteiger partial charge in [0.25, 0.3) is 0 Å². The predicted octanol–water partition coefficient (Wildman–Crippen LogP) is 4.64. The van der Waals surface area contributed by atoms with Gasteiger partial charge in [0, 0.05) is 18.1 Å². The molecule has 0 aliphatic carbocycles. The fraction of sp³-hybridized carbons (Fsp3) is 0.318. The number of carbonyl (C=O) groups is 1. The molecular formula is C22H26O4. The largest absolute Gasteiger partial charge is 0.489 e. The molecule has 3 rings (SSSR count). The van der Waals surface area contributed by atoms with Crippen LogP contribution in [0.25, 0.3) is 5.57 Å². The van der Waals surface area contributed by atoms with Crippen LogP contribution < -0.4 is 4.74 Å². The van der Waals surface area contributed by atoms with Crippen molar-refractivity contribution in [2.24, 2.45) is 0 Å². The first kappa shape index (κ1) is 19.7. The number of aliphatic hydroxyl groups is 1. The number of cyclic esters (lactones) is 1. The highest BCUT2D eigenvalue weighted by molar-refractivity contribution is 6.03. The lowest BCUT2D eigenvalue weighted by Crippen LogP contribution is -2.26. The van der Waals surface area contributed by atoms with Crippen molar-refractivity contribution >= 4 is 11.5 Å². The van der Waals surface area contributed by atoms with Crippen molar-refractivity contribution in [2.75, 3.05) is 0 Å². The van der Waals surface area contributed by atoms with Gasteiger partial charge in [-0.05, 0) is 42.7 Å². The highest BCUT2D eigenvalue weighted by Gasteiger charge is 2.41. The predicted molar refractivity (Wildman–Crippen MR) is 103 cm³/mol. The van der Waals surface area contributed by atoms with Crippen LogP contribution in [0.3, 0.4) is 0 Å².